The summed E-state index contributed by atoms with van der Waals surface area (Å²) in [5, 5.41) is 0. The first-order valence-corrected chi connectivity index (χ1v) is 4.50. The first-order valence-electron chi connectivity index (χ1n) is 3.43. The van der Waals surface area contributed by atoms with Crippen molar-refractivity contribution >= 4 is 23.2 Å². The Bertz CT molecular complexity index is 54.9. The molecule has 2 heteroatoms. The zero-order chi connectivity index (χ0) is 7.11. The van der Waals surface area contributed by atoms with Crippen molar-refractivity contribution in [2.45, 2.75) is 26.2 Å². The maximum Gasteiger partial charge on any atom is 0.0249 e. The van der Waals surface area contributed by atoms with E-state index in [1.165, 1.54) is 12.8 Å². The van der Waals surface area contributed by atoms with Crippen molar-refractivity contribution in [2.24, 2.45) is 5.92 Å². The molecule has 1 atom stereocenters. The summed E-state index contributed by atoms with van der Waals surface area (Å²) in [6, 6.07) is 0. The van der Waals surface area contributed by atoms with Crippen LogP contribution in [0.5, 0.6) is 0 Å². The van der Waals surface area contributed by atoms with Gasteiger partial charge in [0.2, 0.25) is 0 Å². The highest BCUT2D eigenvalue weighted by Crippen LogP contribution is 2.09. The van der Waals surface area contributed by atoms with Gasteiger partial charge in [0, 0.05) is 11.8 Å². The summed E-state index contributed by atoms with van der Waals surface area (Å²) < 4.78 is 0. The summed E-state index contributed by atoms with van der Waals surface area (Å²) in [6.45, 7) is 2.17. The summed E-state index contributed by atoms with van der Waals surface area (Å²) in [5.74, 6) is 2.23. The van der Waals surface area contributed by atoms with Crippen LogP contribution < -0.4 is 0 Å². The topological polar surface area (TPSA) is 0 Å². The van der Waals surface area contributed by atoms with E-state index in [2.05, 4.69) is 6.92 Å². The van der Waals surface area contributed by atoms with Crippen LogP contribution >= 0.6 is 23.2 Å². The molecule has 9 heavy (non-hydrogen) atoms. The molecule has 0 bridgehead atoms. The number of halogens is 2. The number of alkyl halides is 2. The second-order valence-electron chi connectivity index (χ2n) is 2.44. The second kappa shape index (κ2) is 6.70. The third-order valence-corrected chi connectivity index (χ3v) is 2.14. The van der Waals surface area contributed by atoms with E-state index in [0.717, 1.165) is 18.2 Å². The Morgan fingerprint density at radius 3 is 2.33 bits per heavy atom. The predicted molar refractivity (Wildman–Crippen MR) is 44.5 cm³/mol. The zero-order valence-corrected chi connectivity index (χ0v) is 7.38. The summed E-state index contributed by atoms with van der Waals surface area (Å²) in [6.07, 6.45) is 3.57. The molecule has 0 heterocycles. The molecule has 0 N–H and O–H groups in total. The molecule has 0 saturated carbocycles. The van der Waals surface area contributed by atoms with Gasteiger partial charge in [-0.3, -0.25) is 0 Å². The highest BCUT2D eigenvalue weighted by atomic mass is 35.5. The average molecular weight is 169 g/mol. The minimum absolute atomic E-state index is 0.662. The lowest BCUT2D eigenvalue weighted by atomic mass is 10.1. The van der Waals surface area contributed by atoms with Crippen LogP contribution in [0, 0.1) is 5.92 Å². The second-order valence-corrected chi connectivity index (χ2v) is 3.13. The molecule has 0 amide bonds. The van der Waals surface area contributed by atoms with Crippen molar-refractivity contribution in [1.82, 2.24) is 0 Å². The van der Waals surface area contributed by atoms with Crippen molar-refractivity contribution < 1.29 is 0 Å². The smallest absolute Gasteiger partial charge is 0.0249 e. The third kappa shape index (κ3) is 6.47. The molecule has 0 aliphatic heterocycles. The van der Waals surface area contributed by atoms with Gasteiger partial charge in [0.25, 0.3) is 0 Å². The molecule has 0 fully saturated rings. The Morgan fingerprint density at radius 2 is 1.89 bits per heavy atom. The molecule has 0 radical (unpaired) electrons. The fourth-order valence-corrected chi connectivity index (χ4v) is 1.01. The lowest BCUT2D eigenvalue weighted by molar-refractivity contribution is 0.556. The van der Waals surface area contributed by atoms with Crippen molar-refractivity contribution in [1.29, 1.82) is 0 Å². The first kappa shape index (κ1) is 9.58. The first-order chi connectivity index (χ1) is 4.31. The van der Waals surface area contributed by atoms with Gasteiger partial charge in [0.1, 0.15) is 0 Å². The molecule has 0 spiro atoms. The number of hydrogen-bond acceptors (Lipinski definition) is 0. The van der Waals surface area contributed by atoms with E-state index in [9.17, 15) is 0 Å². The highest BCUT2D eigenvalue weighted by Gasteiger charge is 1.97. The van der Waals surface area contributed by atoms with Crippen molar-refractivity contribution in [3.63, 3.8) is 0 Å². The molecule has 0 nitrogen and oxygen atoms in total. The van der Waals surface area contributed by atoms with Crippen LogP contribution in [0.25, 0.3) is 0 Å². The Morgan fingerprint density at radius 1 is 1.22 bits per heavy atom. The van der Waals surface area contributed by atoms with Crippen LogP contribution in [-0.2, 0) is 0 Å². The Balaban J connectivity index is 2.88. The lowest BCUT2D eigenvalue weighted by Crippen LogP contribution is -1.95. The normalized spacial score (nSPS) is 13.7. The SMILES string of the molecule is CC(CCl)CCCCCl. The van der Waals surface area contributed by atoms with Gasteiger partial charge in [0.15, 0.2) is 0 Å². The number of rotatable bonds is 5. The van der Waals surface area contributed by atoms with Gasteiger partial charge in [-0.15, -0.1) is 23.2 Å². The average Bonchev–Trinajstić information content (AvgIpc) is 1.89. The minimum atomic E-state index is 0.662. The largest absolute Gasteiger partial charge is 0.127 e. The molecule has 1 unspecified atom stereocenters. The van der Waals surface area contributed by atoms with Gasteiger partial charge >= 0.3 is 0 Å². The standard InChI is InChI=1S/C7H14Cl2/c1-7(6-9)4-2-3-5-8/h7H,2-6H2,1H3. The quantitative estimate of drug-likeness (QED) is 0.437. The van der Waals surface area contributed by atoms with Gasteiger partial charge in [-0.2, -0.15) is 0 Å². The minimum Gasteiger partial charge on any atom is -0.127 e. The molecule has 0 saturated heterocycles. The highest BCUT2D eigenvalue weighted by molar-refractivity contribution is 6.18. The maximum atomic E-state index is 5.60. The van der Waals surface area contributed by atoms with E-state index >= 15 is 0 Å². The molecule has 56 valence electrons. The Labute approximate surface area is 67.5 Å². The van der Waals surface area contributed by atoms with E-state index in [1.807, 2.05) is 0 Å². The summed E-state index contributed by atoms with van der Waals surface area (Å²) in [4.78, 5) is 0. The Hall–Kier alpha value is 0.580. The van der Waals surface area contributed by atoms with Crippen molar-refractivity contribution in [2.75, 3.05) is 11.8 Å². The monoisotopic (exact) mass is 168 g/mol. The lowest BCUT2D eigenvalue weighted by Gasteiger charge is -2.03. The van der Waals surface area contributed by atoms with Crippen molar-refractivity contribution in [3.8, 4) is 0 Å². The van der Waals surface area contributed by atoms with Crippen LogP contribution in [0.3, 0.4) is 0 Å². The van der Waals surface area contributed by atoms with Crippen LogP contribution in [0.1, 0.15) is 26.2 Å². The van der Waals surface area contributed by atoms with E-state index in [4.69, 9.17) is 23.2 Å². The molecule has 0 aromatic heterocycles. The van der Waals surface area contributed by atoms with Gasteiger partial charge in [-0.1, -0.05) is 13.3 Å². The molecule has 0 aliphatic carbocycles. The van der Waals surface area contributed by atoms with Gasteiger partial charge in [-0.25, -0.2) is 0 Å². The molecule has 0 aromatic rings. The molecular formula is C7H14Cl2. The van der Waals surface area contributed by atoms with Gasteiger partial charge < -0.3 is 0 Å². The molecule has 0 aliphatic rings. The molecule has 0 rings (SSSR count). The fraction of sp³-hybridized carbons (Fsp3) is 1.00. The number of unbranched alkanes of at least 4 members (excludes halogenated alkanes) is 1. The van der Waals surface area contributed by atoms with Gasteiger partial charge in [0.05, 0.1) is 0 Å². The fourth-order valence-electron chi connectivity index (χ4n) is 0.664. The van der Waals surface area contributed by atoms with Crippen LogP contribution in [0.15, 0.2) is 0 Å². The van der Waals surface area contributed by atoms with Crippen LogP contribution in [-0.4, -0.2) is 11.8 Å². The third-order valence-electron chi connectivity index (χ3n) is 1.34. The maximum absolute atomic E-state index is 5.60. The van der Waals surface area contributed by atoms with E-state index in [1.54, 1.807) is 0 Å². The predicted octanol–water partition coefficient (Wildman–Crippen LogP) is 3.27. The van der Waals surface area contributed by atoms with E-state index in [-0.39, 0.29) is 0 Å². The molecule has 0 aromatic carbocycles. The zero-order valence-electron chi connectivity index (χ0n) is 5.87. The number of hydrogen-bond donors (Lipinski definition) is 0. The molecular weight excluding hydrogens is 155 g/mol. The summed E-state index contributed by atoms with van der Waals surface area (Å²) >= 11 is 11.1. The van der Waals surface area contributed by atoms with E-state index < -0.39 is 0 Å². The van der Waals surface area contributed by atoms with Crippen molar-refractivity contribution in [3.05, 3.63) is 0 Å². The Kier molecular flexibility index (Phi) is 7.13. The van der Waals surface area contributed by atoms with Gasteiger partial charge in [-0.05, 0) is 18.8 Å². The summed E-state index contributed by atoms with van der Waals surface area (Å²) in [7, 11) is 0. The van der Waals surface area contributed by atoms with E-state index in [0.29, 0.717) is 5.92 Å². The van der Waals surface area contributed by atoms with Crippen LogP contribution in [0.2, 0.25) is 0 Å². The summed E-state index contributed by atoms with van der Waals surface area (Å²) in [5.41, 5.74) is 0. The van der Waals surface area contributed by atoms with Crippen LogP contribution in [0.4, 0.5) is 0 Å².